The van der Waals surface area contributed by atoms with Gasteiger partial charge in [-0.05, 0) is 32.9 Å². The van der Waals surface area contributed by atoms with Crippen LogP contribution in [-0.4, -0.2) is 25.6 Å². The van der Waals surface area contributed by atoms with E-state index in [4.69, 9.17) is 9.26 Å². The number of aromatic nitrogens is 3. The Morgan fingerprint density at radius 1 is 1.36 bits per heavy atom. The van der Waals surface area contributed by atoms with E-state index >= 15 is 0 Å². The zero-order valence-corrected chi connectivity index (χ0v) is 12.5. The Hall–Kier alpha value is -2.83. The predicted molar refractivity (Wildman–Crippen MR) is 77.2 cm³/mol. The molecule has 0 bridgehead atoms. The lowest BCUT2D eigenvalue weighted by Crippen LogP contribution is -2.04. The second kappa shape index (κ2) is 5.18. The molecule has 7 heteroatoms. The lowest BCUT2D eigenvalue weighted by Gasteiger charge is -2.07. The third kappa shape index (κ3) is 2.20. The van der Waals surface area contributed by atoms with Crippen molar-refractivity contribution in [3.63, 3.8) is 0 Å². The van der Waals surface area contributed by atoms with Gasteiger partial charge < -0.3 is 14.4 Å². The van der Waals surface area contributed by atoms with Crippen LogP contribution in [0.5, 0.6) is 5.75 Å². The first-order valence-corrected chi connectivity index (χ1v) is 6.74. The molecule has 3 rings (SSSR count). The minimum Gasteiger partial charge on any atom is -0.485 e. The smallest absolute Gasteiger partial charge is 0.354 e. The molecule has 114 valence electrons. The van der Waals surface area contributed by atoms with Crippen molar-refractivity contribution >= 4 is 11.6 Å². The molecule has 0 aliphatic carbocycles. The van der Waals surface area contributed by atoms with Crippen molar-refractivity contribution in [3.05, 3.63) is 46.7 Å². The van der Waals surface area contributed by atoms with Gasteiger partial charge in [-0.3, -0.25) is 4.40 Å². The number of aromatic carboxylic acids is 1. The topological polar surface area (TPSA) is 89.9 Å². The van der Waals surface area contributed by atoms with Crippen LogP contribution in [0.4, 0.5) is 0 Å². The summed E-state index contributed by atoms with van der Waals surface area (Å²) in [5.41, 5.74) is 2.71. The number of carboxylic acids is 1. The number of nitrogens with zero attached hydrogens (tertiary/aromatic N) is 3. The first-order valence-electron chi connectivity index (χ1n) is 6.74. The number of imidazole rings is 1. The largest absolute Gasteiger partial charge is 0.485 e. The van der Waals surface area contributed by atoms with Crippen LogP contribution < -0.4 is 4.74 Å². The van der Waals surface area contributed by atoms with E-state index in [9.17, 15) is 9.90 Å². The fraction of sp³-hybridized carbons (Fsp3) is 0.267. The monoisotopic (exact) mass is 301 g/mol. The average Bonchev–Trinajstić information content (AvgIpc) is 2.96. The Morgan fingerprint density at radius 2 is 2.14 bits per heavy atom. The molecule has 0 aliphatic rings. The minimum atomic E-state index is -1.02. The van der Waals surface area contributed by atoms with Crippen LogP contribution in [-0.2, 0) is 6.61 Å². The van der Waals surface area contributed by atoms with Crippen molar-refractivity contribution in [1.29, 1.82) is 0 Å². The van der Waals surface area contributed by atoms with E-state index < -0.39 is 5.97 Å². The van der Waals surface area contributed by atoms with Crippen molar-refractivity contribution in [3.8, 4) is 5.75 Å². The zero-order chi connectivity index (χ0) is 15.9. The van der Waals surface area contributed by atoms with Gasteiger partial charge in [-0.25, -0.2) is 9.78 Å². The van der Waals surface area contributed by atoms with E-state index in [1.807, 2.05) is 13.8 Å². The summed E-state index contributed by atoms with van der Waals surface area (Å²) in [5.74, 6) is 0.196. The SMILES string of the molecule is Cc1noc(C)c1COc1cccn2c(C(=O)O)c(C)nc12. The van der Waals surface area contributed by atoms with E-state index in [2.05, 4.69) is 10.1 Å². The van der Waals surface area contributed by atoms with E-state index in [1.165, 1.54) is 4.40 Å². The van der Waals surface area contributed by atoms with Gasteiger partial charge in [-0.15, -0.1) is 0 Å². The van der Waals surface area contributed by atoms with Crippen molar-refractivity contribution in [1.82, 2.24) is 14.5 Å². The van der Waals surface area contributed by atoms with Gasteiger partial charge in [0.25, 0.3) is 0 Å². The Kier molecular flexibility index (Phi) is 3.32. The second-order valence-corrected chi connectivity index (χ2v) is 5.01. The third-order valence-corrected chi connectivity index (χ3v) is 3.54. The maximum Gasteiger partial charge on any atom is 0.354 e. The quantitative estimate of drug-likeness (QED) is 0.796. The number of hydrogen-bond acceptors (Lipinski definition) is 5. The predicted octanol–water partition coefficient (Wildman–Crippen LogP) is 2.52. The summed E-state index contributed by atoms with van der Waals surface area (Å²) in [6, 6.07) is 3.48. The summed E-state index contributed by atoms with van der Waals surface area (Å²) in [5, 5.41) is 13.2. The molecule has 0 amide bonds. The molecule has 0 fully saturated rings. The van der Waals surface area contributed by atoms with Crippen molar-refractivity contribution in [2.45, 2.75) is 27.4 Å². The van der Waals surface area contributed by atoms with Gasteiger partial charge >= 0.3 is 5.97 Å². The highest BCUT2D eigenvalue weighted by molar-refractivity contribution is 5.88. The highest BCUT2D eigenvalue weighted by Crippen LogP contribution is 2.24. The first kappa shape index (κ1) is 14.1. The molecule has 0 saturated heterocycles. The van der Waals surface area contributed by atoms with Crippen molar-refractivity contribution in [2.24, 2.45) is 0 Å². The van der Waals surface area contributed by atoms with Gasteiger partial charge in [-0.2, -0.15) is 0 Å². The maximum absolute atomic E-state index is 11.3. The molecule has 0 spiro atoms. The average molecular weight is 301 g/mol. The number of pyridine rings is 1. The lowest BCUT2D eigenvalue weighted by atomic mass is 10.2. The van der Waals surface area contributed by atoms with Gasteiger partial charge in [-0.1, -0.05) is 5.16 Å². The van der Waals surface area contributed by atoms with E-state index in [1.54, 1.807) is 25.3 Å². The lowest BCUT2D eigenvalue weighted by molar-refractivity contribution is 0.0688. The highest BCUT2D eigenvalue weighted by Gasteiger charge is 2.18. The van der Waals surface area contributed by atoms with Crippen molar-refractivity contribution < 1.29 is 19.2 Å². The normalized spacial score (nSPS) is 11.0. The van der Waals surface area contributed by atoms with Crippen LogP contribution in [0.3, 0.4) is 0 Å². The van der Waals surface area contributed by atoms with E-state index in [0.717, 1.165) is 11.3 Å². The van der Waals surface area contributed by atoms with E-state index in [-0.39, 0.29) is 12.3 Å². The number of ether oxygens (including phenoxy) is 1. The van der Waals surface area contributed by atoms with Crippen LogP contribution in [0, 0.1) is 20.8 Å². The van der Waals surface area contributed by atoms with E-state index in [0.29, 0.717) is 22.9 Å². The van der Waals surface area contributed by atoms with Crippen LogP contribution in [0.25, 0.3) is 5.65 Å². The Labute approximate surface area is 126 Å². The molecule has 0 aromatic carbocycles. The summed E-state index contributed by atoms with van der Waals surface area (Å²) in [7, 11) is 0. The molecule has 22 heavy (non-hydrogen) atoms. The van der Waals surface area contributed by atoms with Gasteiger partial charge in [0.15, 0.2) is 17.1 Å². The summed E-state index contributed by atoms with van der Waals surface area (Å²) in [4.78, 5) is 15.6. The fourth-order valence-electron chi connectivity index (χ4n) is 2.38. The molecule has 0 unspecified atom stereocenters. The third-order valence-electron chi connectivity index (χ3n) is 3.54. The Balaban J connectivity index is 1.98. The number of fused-ring (bicyclic) bond motifs is 1. The number of hydrogen-bond donors (Lipinski definition) is 1. The molecule has 3 heterocycles. The summed E-state index contributed by atoms with van der Waals surface area (Å²) >= 11 is 0. The van der Waals surface area contributed by atoms with Crippen LogP contribution in [0.2, 0.25) is 0 Å². The number of carbonyl (C=O) groups is 1. The molecule has 1 N–H and O–H groups in total. The Bertz CT molecular complexity index is 844. The van der Waals surface area contributed by atoms with Crippen molar-refractivity contribution in [2.75, 3.05) is 0 Å². The van der Waals surface area contributed by atoms with Gasteiger partial charge in [0.05, 0.1) is 17.0 Å². The van der Waals surface area contributed by atoms with Crippen LogP contribution in [0.1, 0.15) is 33.2 Å². The Morgan fingerprint density at radius 3 is 2.77 bits per heavy atom. The molecule has 0 atom stereocenters. The van der Waals surface area contributed by atoms with Gasteiger partial charge in [0.2, 0.25) is 0 Å². The number of aryl methyl sites for hydroxylation is 3. The van der Waals surface area contributed by atoms with Crippen LogP contribution in [0.15, 0.2) is 22.9 Å². The highest BCUT2D eigenvalue weighted by atomic mass is 16.5. The zero-order valence-electron chi connectivity index (χ0n) is 12.5. The van der Waals surface area contributed by atoms with Gasteiger partial charge in [0, 0.05) is 6.20 Å². The molecule has 3 aromatic rings. The summed E-state index contributed by atoms with van der Waals surface area (Å²) in [6.07, 6.45) is 1.65. The maximum atomic E-state index is 11.3. The summed E-state index contributed by atoms with van der Waals surface area (Å²) < 4.78 is 12.4. The first-order chi connectivity index (χ1) is 10.5. The molecule has 0 saturated carbocycles. The standard InChI is InChI=1S/C15H15N3O4/c1-8-11(10(3)22-17-8)7-21-12-5-4-6-18-13(15(19)20)9(2)16-14(12)18/h4-6H,7H2,1-3H3,(H,19,20). The molecule has 7 nitrogen and oxygen atoms in total. The molecular formula is C15H15N3O4. The number of rotatable bonds is 4. The molecule has 0 aliphatic heterocycles. The molecular weight excluding hydrogens is 286 g/mol. The minimum absolute atomic E-state index is 0.137. The van der Waals surface area contributed by atoms with Gasteiger partial charge in [0.1, 0.15) is 12.4 Å². The fourth-order valence-corrected chi connectivity index (χ4v) is 2.38. The molecule has 0 radical (unpaired) electrons. The van der Waals surface area contributed by atoms with Crippen LogP contribution >= 0.6 is 0 Å². The number of carboxylic acid groups (broad SMARTS) is 1. The molecule has 3 aromatic heterocycles. The summed E-state index contributed by atoms with van der Waals surface area (Å²) in [6.45, 7) is 5.61. The second-order valence-electron chi connectivity index (χ2n) is 5.01.